The molecule has 0 aliphatic rings. The van der Waals surface area contributed by atoms with Crippen LogP contribution in [0.15, 0.2) is 54.6 Å². The molecule has 0 saturated carbocycles. The molecule has 0 atom stereocenters. The number of nitrogen functional groups attached to an aromatic ring is 2. The van der Waals surface area contributed by atoms with E-state index in [0.717, 1.165) is 11.1 Å². The quantitative estimate of drug-likeness (QED) is 0.494. The van der Waals surface area contributed by atoms with Crippen molar-refractivity contribution in [3.8, 4) is 22.3 Å². The van der Waals surface area contributed by atoms with E-state index in [2.05, 4.69) is 0 Å². The smallest absolute Gasteiger partial charge is 0.249 e. The molecule has 3 rings (SSSR count). The average Bonchev–Trinajstić information content (AvgIpc) is 2.66. The largest absolute Gasteiger partial charge is 0.399 e. The third-order valence-corrected chi connectivity index (χ3v) is 5.05. The number of hydrogen-bond acceptors (Lipinski definition) is 4. The Morgan fingerprint density at radius 1 is 0.700 bits per heavy atom. The van der Waals surface area contributed by atoms with Crippen LogP contribution in [0.25, 0.3) is 22.3 Å². The van der Waals surface area contributed by atoms with Crippen molar-refractivity contribution in [2.75, 3.05) is 11.5 Å². The maximum absolute atomic E-state index is 12.8. The monoisotopic (exact) mass is 402 g/mol. The molecule has 0 aromatic heterocycles. The molecule has 8 N–H and O–H groups in total. The minimum atomic E-state index is -0.651. The fourth-order valence-electron chi connectivity index (χ4n) is 3.61. The second-order valence-electron chi connectivity index (χ2n) is 8.32. The van der Waals surface area contributed by atoms with E-state index in [4.69, 9.17) is 22.9 Å². The third-order valence-electron chi connectivity index (χ3n) is 5.05. The van der Waals surface area contributed by atoms with E-state index in [9.17, 15) is 9.59 Å². The first-order valence-electron chi connectivity index (χ1n) is 9.53. The van der Waals surface area contributed by atoms with E-state index in [1.807, 2.05) is 32.9 Å². The van der Waals surface area contributed by atoms with E-state index in [0.29, 0.717) is 28.1 Å². The SMILES string of the molecule is CC(C)(C)c1cc(C(N)=O)c(-c2ccc(N)cc2)c(C(N)=O)c1-c1ccc(N)cc1. The lowest BCUT2D eigenvalue weighted by atomic mass is 9.76. The van der Waals surface area contributed by atoms with Gasteiger partial charge in [-0.2, -0.15) is 0 Å². The Hall–Kier alpha value is -3.80. The number of nitrogens with two attached hydrogens (primary N) is 4. The van der Waals surface area contributed by atoms with Gasteiger partial charge >= 0.3 is 0 Å². The maximum atomic E-state index is 12.8. The molecule has 0 heterocycles. The number of carbonyl (C=O) groups excluding carboxylic acids is 2. The first kappa shape index (κ1) is 20.9. The molecule has 0 saturated heterocycles. The van der Waals surface area contributed by atoms with Gasteiger partial charge in [0.2, 0.25) is 11.8 Å². The van der Waals surface area contributed by atoms with Gasteiger partial charge in [-0.25, -0.2) is 0 Å². The first-order chi connectivity index (χ1) is 14.0. The fourth-order valence-corrected chi connectivity index (χ4v) is 3.61. The molecular formula is C24H26N4O2. The van der Waals surface area contributed by atoms with Crippen LogP contribution >= 0.6 is 0 Å². The summed E-state index contributed by atoms with van der Waals surface area (Å²) >= 11 is 0. The van der Waals surface area contributed by atoms with Crippen molar-refractivity contribution in [2.45, 2.75) is 26.2 Å². The molecule has 0 unspecified atom stereocenters. The number of anilines is 2. The summed E-state index contributed by atoms with van der Waals surface area (Å²) in [6, 6.07) is 15.8. The molecule has 3 aromatic carbocycles. The van der Waals surface area contributed by atoms with Crippen molar-refractivity contribution < 1.29 is 9.59 Å². The summed E-state index contributed by atoms with van der Waals surface area (Å²) in [5, 5.41) is 0. The van der Waals surface area contributed by atoms with E-state index in [1.54, 1.807) is 42.5 Å². The zero-order valence-corrected chi connectivity index (χ0v) is 17.3. The van der Waals surface area contributed by atoms with Gasteiger partial charge in [-0.05, 0) is 58.0 Å². The lowest BCUT2D eigenvalue weighted by Gasteiger charge is -2.28. The van der Waals surface area contributed by atoms with Crippen LogP contribution in [0.2, 0.25) is 0 Å². The molecule has 2 amide bonds. The molecule has 3 aromatic rings. The Labute approximate surface area is 175 Å². The molecular weight excluding hydrogens is 376 g/mol. The summed E-state index contributed by atoms with van der Waals surface area (Å²) in [4.78, 5) is 25.2. The van der Waals surface area contributed by atoms with Crippen LogP contribution in [0.4, 0.5) is 11.4 Å². The highest BCUT2D eigenvalue weighted by Crippen LogP contribution is 2.42. The number of primary amides is 2. The summed E-state index contributed by atoms with van der Waals surface area (Å²) in [5.74, 6) is -1.29. The van der Waals surface area contributed by atoms with Gasteiger partial charge in [0, 0.05) is 22.5 Å². The van der Waals surface area contributed by atoms with E-state index < -0.39 is 17.2 Å². The summed E-state index contributed by atoms with van der Waals surface area (Å²) in [5.41, 5.74) is 27.8. The number of carbonyl (C=O) groups is 2. The van der Waals surface area contributed by atoms with Crippen LogP contribution < -0.4 is 22.9 Å². The molecule has 154 valence electrons. The van der Waals surface area contributed by atoms with E-state index >= 15 is 0 Å². The first-order valence-corrected chi connectivity index (χ1v) is 9.53. The zero-order chi connectivity index (χ0) is 22.2. The van der Waals surface area contributed by atoms with E-state index in [1.165, 1.54) is 0 Å². The predicted molar refractivity (Wildman–Crippen MR) is 122 cm³/mol. The van der Waals surface area contributed by atoms with Crippen LogP contribution in [0.1, 0.15) is 47.1 Å². The molecule has 0 aliphatic heterocycles. The fraction of sp³-hybridized carbons (Fsp3) is 0.167. The number of rotatable bonds is 4. The van der Waals surface area contributed by atoms with Crippen LogP contribution in [0, 0.1) is 0 Å². The highest BCUT2D eigenvalue weighted by molar-refractivity contribution is 6.13. The van der Waals surface area contributed by atoms with E-state index in [-0.39, 0.29) is 11.1 Å². The van der Waals surface area contributed by atoms with Gasteiger partial charge < -0.3 is 22.9 Å². The summed E-state index contributed by atoms with van der Waals surface area (Å²) in [6.07, 6.45) is 0. The van der Waals surface area contributed by atoms with Gasteiger partial charge in [0.15, 0.2) is 0 Å². The Kier molecular flexibility index (Phi) is 5.27. The molecule has 0 radical (unpaired) electrons. The van der Waals surface area contributed by atoms with Crippen LogP contribution in [-0.4, -0.2) is 11.8 Å². The lowest BCUT2D eigenvalue weighted by Crippen LogP contribution is -2.24. The van der Waals surface area contributed by atoms with Crippen LogP contribution in [-0.2, 0) is 5.41 Å². The highest BCUT2D eigenvalue weighted by atomic mass is 16.1. The van der Waals surface area contributed by atoms with Gasteiger partial charge in [0.05, 0.1) is 5.56 Å². The molecule has 0 aliphatic carbocycles. The van der Waals surface area contributed by atoms with Gasteiger partial charge in [-0.1, -0.05) is 45.0 Å². The second-order valence-corrected chi connectivity index (χ2v) is 8.32. The van der Waals surface area contributed by atoms with Crippen LogP contribution in [0.3, 0.4) is 0 Å². The Balaban J connectivity index is 2.55. The maximum Gasteiger partial charge on any atom is 0.249 e. The zero-order valence-electron chi connectivity index (χ0n) is 17.3. The Bertz CT molecular complexity index is 1130. The van der Waals surface area contributed by atoms with Crippen LogP contribution in [0.5, 0.6) is 0 Å². The van der Waals surface area contributed by atoms with Gasteiger partial charge in [0.1, 0.15) is 0 Å². The van der Waals surface area contributed by atoms with Crippen molar-refractivity contribution in [3.05, 3.63) is 71.3 Å². The number of hydrogen-bond donors (Lipinski definition) is 4. The standard InChI is InChI=1S/C24H26N4O2/c1-24(2,3)18-12-17(22(27)29)19(13-4-8-15(25)9-5-13)21(23(28)30)20(18)14-6-10-16(26)11-7-14/h4-12H,25-26H2,1-3H3,(H2,27,29)(H2,28,30). The third kappa shape index (κ3) is 3.85. The number of amides is 2. The topological polar surface area (TPSA) is 138 Å². The van der Waals surface area contributed by atoms with Crippen molar-refractivity contribution in [1.29, 1.82) is 0 Å². The summed E-state index contributed by atoms with van der Waals surface area (Å²) in [6.45, 7) is 6.00. The summed E-state index contributed by atoms with van der Waals surface area (Å²) in [7, 11) is 0. The van der Waals surface area contributed by atoms with Gasteiger partial charge in [-0.15, -0.1) is 0 Å². The molecule has 6 heteroatoms. The Morgan fingerprint density at radius 2 is 1.13 bits per heavy atom. The average molecular weight is 402 g/mol. The predicted octanol–water partition coefficient (Wildman–Crippen LogP) is 3.68. The second kappa shape index (κ2) is 7.55. The van der Waals surface area contributed by atoms with Crippen molar-refractivity contribution >= 4 is 23.2 Å². The van der Waals surface area contributed by atoms with Crippen molar-refractivity contribution in [3.63, 3.8) is 0 Å². The van der Waals surface area contributed by atoms with Crippen molar-refractivity contribution in [1.82, 2.24) is 0 Å². The van der Waals surface area contributed by atoms with Crippen molar-refractivity contribution in [2.24, 2.45) is 11.5 Å². The number of benzene rings is 3. The molecule has 30 heavy (non-hydrogen) atoms. The Morgan fingerprint density at radius 3 is 1.50 bits per heavy atom. The minimum absolute atomic E-state index is 0.234. The molecule has 0 bridgehead atoms. The molecule has 0 spiro atoms. The lowest BCUT2D eigenvalue weighted by molar-refractivity contribution is 0.0999. The van der Waals surface area contributed by atoms with Gasteiger partial charge in [-0.3, -0.25) is 9.59 Å². The molecule has 6 nitrogen and oxygen atoms in total. The highest BCUT2D eigenvalue weighted by Gasteiger charge is 2.30. The normalized spacial score (nSPS) is 11.3. The summed E-state index contributed by atoms with van der Waals surface area (Å²) < 4.78 is 0. The minimum Gasteiger partial charge on any atom is -0.399 e. The molecule has 0 fully saturated rings. The van der Waals surface area contributed by atoms with Gasteiger partial charge in [0.25, 0.3) is 0 Å².